The third-order valence-corrected chi connectivity index (χ3v) is 8.50. The largest absolute Gasteiger partial charge is 0.464 e. The van der Waals surface area contributed by atoms with Gasteiger partial charge in [0.05, 0.1) is 24.1 Å². The molecule has 0 aliphatic rings. The molecular formula is C30H35N7O6S. The molecule has 0 unspecified atom stereocenters. The summed E-state index contributed by atoms with van der Waals surface area (Å²) in [5.41, 5.74) is 7.79. The number of rotatable bonds is 12. The monoisotopic (exact) mass is 621 g/mol. The van der Waals surface area contributed by atoms with Gasteiger partial charge in [-0.05, 0) is 62.6 Å². The number of benzene rings is 2. The molecule has 14 heteroatoms. The van der Waals surface area contributed by atoms with Crippen LogP contribution < -0.4 is 21.8 Å². The number of ether oxygens (including phenoxy) is 1. The van der Waals surface area contributed by atoms with Gasteiger partial charge in [0, 0.05) is 37.1 Å². The molecular weight excluding hydrogens is 586 g/mol. The number of imidazole rings is 1. The van der Waals surface area contributed by atoms with Gasteiger partial charge in [0.1, 0.15) is 5.56 Å². The molecule has 4 aromatic rings. The molecule has 0 fully saturated rings. The van der Waals surface area contributed by atoms with Gasteiger partial charge in [0.25, 0.3) is 15.9 Å². The molecule has 0 aliphatic carbocycles. The van der Waals surface area contributed by atoms with E-state index in [1.807, 2.05) is 13.0 Å². The minimum atomic E-state index is -4.34. The van der Waals surface area contributed by atoms with Crippen LogP contribution in [0.5, 0.6) is 0 Å². The topological polar surface area (TPSA) is 191 Å². The van der Waals surface area contributed by atoms with Crippen molar-refractivity contribution in [2.45, 2.75) is 45.2 Å². The van der Waals surface area contributed by atoms with E-state index >= 15 is 0 Å². The zero-order chi connectivity index (χ0) is 32.0. The fourth-order valence-corrected chi connectivity index (χ4v) is 6.44. The highest BCUT2D eigenvalue weighted by molar-refractivity contribution is 7.90. The molecule has 1 amide bonds. The van der Waals surface area contributed by atoms with E-state index in [1.54, 1.807) is 55.1 Å². The number of aromatic nitrogens is 3. The number of fused-ring (bicyclic) bond motifs is 1. The minimum absolute atomic E-state index is 0.0353. The second kappa shape index (κ2) is 13.7. The lowest BCUT2D eigenvalue weighted by molar-refractivity contribution is -0.132. The Morgan fingerprint density at radius 3 is 2.50 bits per heavy atom. The quantitative estimate of drug-likeness (QED) is 0.136. The lowest BCUT2D eigenvalue weighted by Gasteiger charge is -2.15. The fourth-order valence-electron chi connectivity index (χ4n) is 4.99. The number of nitrogens with two attached hydrogens (primary N) is 1. The lowest BCUT2D eigenvalue weighted by Crippen LogP contribution is -2.37. The summed E-state index contributed by atoms with van der Waals surface area (Å²) in [5.74, 6) is -1.24. The first-order valence-corrected chi connectivity index (χ1v) is 15.3. The number of aryl methyl sites for hydroxylation is 4. The maximum atomic E-state index is 13.5. The zero-order valence-electron chi connectivity index (χ0n) is 24.9. The maximum absolute atomic E-state index is 13.5. The van der Waals surface area contributed by atoms with E-state index in [1.165, 1.54) is 6.20 Å². The van der Waals surface area contributed by atoms with E-state index in [0.29, 0.717) is 54.0 Å². The average molecular weight is 622 g/mol. The van der Waals surface area contributed by atoms with Crippen LogP contribution in [-0.4, -0.2) is 60.7 Å². The number of carbonyl (C=O) groups excluding carboxylic acids is 2. The predicted molar refractivity (Wildman–Crippen MR) is 167 cm³/mol. The number of methoxy groups -OCH3 is 1. The smallest absolute Gasteiger partial charge is 0.355 e. The molecule has 0 saturated heterocycles. The summed E-state index contributed by atoms with van der Waals surface area (Å²) in [4.78, 5) is 46.3. The van der Waals surface area contributed by atoms with E-state index in [9.17, 15) is 22.8 Å². The highest BCUT2D eigenvalue weighted by Crippen LogP contribution is 2.24. The second-order valence-electron chi connectivity index (χ2n) is 10.3. The Kier molecular flexibility index (Phi) is 9.96. The van der Waals surface area contributed by atoms with Crippen LogP contribution >= 0.6 is 0 Å². The number of nitrogens with zero attached hydrogens (tertiary/aromatic N) is 3. The number of esters is 1. The van der Waals surface area contributed by atoms with Crippen LogP contribution in [-0.2, 0) is 32.6 Å². The molecule has 0 spiro atoms. The molecule has 2 aromatic carbocycles. The van der Waals surface area contributed by atoms with Gasteiger partial charge in [-0.15, -0.1) is 0 Å². The number of amides is 1. The van der Waals surface area contributed by atoms with Gasteiger partial charge in [0.15, 0.2) is 11.7 Å². The van der Waals surface area contributed by atoms with E-state index in [-0.39, 0.29) is 10.5 Å². The summed E-state index contributed by atoms with van der Waals surface area (Å²) in [7, 11) is -3.26. The Hall–Kier alpha value is -4.82. The Labute approximate surface area is 254 Å². The number of anilines is 1. The maximum Gasteiger partial charge on any atom is 0.355 e. The van der Waals surface area contributed by atoms with Gasteiger partial charge in [-0.25, -0.2) is 9.78 Å². The van der Waals surface area contributed by atoms with E-state index in [4.69, 9.17) is 10.5 Å². The molecule has 44 heavy (non-hydrogen) atoms. The van der Waals surface area contributed by atoms with Gasteiger partial charge in [0.2, 0.25) is 5.43 Å². The third-order valence-electron chi connectivity index (χ3n) is 6.88. The summed E-state index contributed by atoms with van der Waals surface area (Å²) in [5, 5.41) is 5.94. The standard InChI is InChI=1S/C30H35N7O6S/c1-18-12-19(2)27(20(3)13-18)44(41,42)36-24(29(40)43-4)16-34-28(39)23-17-37(11-5-8-31)25-14-21(6-7-22(25)26(23)38)15-35-30-32-9-10-33-30/h6-7,9-10,12-14,17H,5,8,11,15-16,31H2,1-4H3,(H,34,39)(H2,32,33,35)/b36-24-. The summed E-state index contributed by atoms with van der Waals surface area (Å²) < 4.78 is 36.7. The van der Waals surface area contributed by atoms with Crippen LogP contribution in [0.4, 0.5) is 5.95 Å². The highest BCUT2D eigenvalue weighted by Gasteiger charge is 2.24. The molecule has 0 aliphatic heterocycles. The van der Waals surface area contributed by atoms with Crippen molar-refractivity contribution in [1.82, 2.24) is 19.9 Å². The summed E-state index contributed by atoms with van der Waals surface area (Å²) in [6.07, 6.45) is 5.35. The molecule has 2 heterocycles. The lowest BCUT2D eigenvalue weighted by atomic mass is 10.1. The van der Waals surface area contributed by atoms with E-state index < -0.39 is 39.6 Å². The predicted octanol–water partition coefficient (Wildman–Crippen LogP) is 2.34. The first kappa shape index (κ1) is 32.1. The molecule has 0 atom stereocenters. The van der Waals surface area contributed by atoms with Crippen LogP contribution in [0.1, 0.15) is 39.0 Å². The van der Waals surface area contributed by atoms with Crippen molar-refractivity contribution >= 4 is 44.5 Å². The van der Waals surface area contributed by atoms with Crippen molar-refractivity contribution in [3.63, 3.8) is 0 Å². The van der Waals surface area contributed by atoms with Crippen molar-refractivity contribution in [3.8, 4) is 0 Å². The number of carbonyl (C=O) groups is 2. The van der Waals surface area contributed by atoms with Gasteiger partial charge < -0.3 is 30.7 Å². The van der Waals surface area contributed by atoms with Gasteiger partial charge in [-0.1, -0.05) is 23.8 Å². The number of hydrogen-bond acceptors (Lipinski definition) is 9. The van der Waals surface area contributed by atoms with Crippen LogP contribution in [0.2, 0.25) is 0 Å². The normalized spacial score (nSPS) is 11.9. The first-order chi connectivity index (χ1) is 20.9. The second-order valence-corrected chi connectivity index (χ2v) is 11.8. The van der Waals surface area contributed by atoms with Gasteiger partial charge in [-0.2, -0.15) is 12.8 Å². The number of nitrogens with one attached hydrogen (secondary N) is 3. The summed E-state index contributed by atoms with van der Waals surface area (Å²) in [6.45, 7) is 5.78. The molecule has 5 N–H and O–H groups in total. The highest BCUT2D eigenvalue weighted by atomic mass is 32.2. The van der Waals surface area contributed by atoms with Crippen molar-refractivity contribution in [1.29, 1.82) is 0 Å². The first-order valence-electron chi connectivity index (χ1n) is 13.8. The number of sulfonamides is 1. The van der Waals surface area contributed by atoms with Crippen LogP contribution in [0.25, 0.3) is 10.9 Å². The number of hydrogen-bond donors (Lipinski definition) is 4. The van der Waals surface area contributed by atoms with E-state index in [0.717, 1.165) is 18.2 Å². The molecule has 232 valence electrons. The molecule has 2 aromatic heterocycles. The Balaban J connectivity index is 1.65. The van der Waals surface area contributed by atoms with Gasteiger partial charge in [-0.3, -0.25) is 9.59 Å². The van der Waals surface area contributed by atoms with Gasteiger partial charge >= 0.3 is 5.97 Å². The molecule has 0 saturated carbocycles. The summed E-state index contributed by atoms with van der Waals surface area (Å²) >= 11 is 0. The van der Waals surface area contributed by atoms with Crippen molar-refractivity contribution in [2.75, 3.05) is 25.5 Å². The average Bonchev–Trinajstić information content (AvgIpc) is 3.50. The number of pyridine rings is 1. The molecule has 0 bridgehead atoms. The van der Waals surface area contributed by atoms with E-state index in [2.05, 4.69) is 25.0 Å². The number of H-pyrrole nitrogens is 1. The Morgan fingerprint density at radius 2 is 1.86 bits per heavy atom. The zero-order valence-corrected chi connectivity index (χ0v) is 25.7. The molecule has 0 radical (unpaired) electrons. The van der Waals surface area contributed by atoms with Crippen LogP contribution in [0.15, 0.2) is 63.0 Å². The molecule has 13 nitrogen and oxygen atoms in total. The van der Waals surface area contributed by atoms with Crippen molar-refractivity contribution in [3.05, 3.63) is 87.0 Å². The minimum Gasteiger partial charge on any atom is -0.464 e. The fraction of sp³-hybridized carbons (Fsp3) is 0.300. The SMILES string of the molecule is COC(=O)/C(CNC(=O)c1cn(CCCN)c2cc(CNc3ncc[nH]3)ccc2c1=O)=N\S(=O)(=O)c1c(C)cc(C)cc1C. The summed E-state index contributed by atoms with van der Waals surface area (Å²) in [6, 6.07) is 8.67. The van der Waals surface area contributed by atoms with Crippen molar-refractivity contribution < 1.29 is 22.7 Å². The molecule has 4 rings (SSSR count). The Morgan fingerprint density at radius 1 is 1.14 bits per heavy atom. The van der Waals surface area contributed by atoms with Crippen molar-refractivity contribution in [2.24, 2.45) is 10.1 Å². The third kappa shape index (κ3) is 7.21. The number of aromatic amines is 1. The van der Waals surface area contributed by atoms with Crippen LogP contribution in [0.3, 0.4) is 0 Å². The Bertz CT molecular complexity index is 1870. The van der Waals surface area contributed by atoms with Crippen LogP contribution in [0, 0.1) is 20.8 Å².